The van der Waals surface area contributed by atoms with Crippen LogP contribution in [0.15, 0.2) is 0 Å². The van der Waals surface area contributed by atoms with Crippen LogP contribution in [0.2, 0.25) is 0 Å². The van der Waals surface area contributed by atoms with E-state index in [1.165, 1.54) is 0 Å². The minimum Gasteiger partial charge on any atom is -0.481 e. The summed E-state index contributed by atoms with van der Waals surface area (Å²) in [5.41, 5.74) is 0. The van der Waals surface area contributed by atoms with Crippen molar-refractivity contribution < 1.29 is 39.3 Å². The average molecular weight is 443 g/mol. The molecule has 0 aromatic rings. The highest BCUT2D eigenvalue weighted by molar-refractivity contribution is 5.88. The predicted octanol–water partition coefficient (Wildman–Crippen LogP) is 1.62. The van der Waals surface area contributed by atoms with Crippen LogP contribution in [-0.4, -0.2) is 57.1 Å². The lowest BCUT2D eigenvalue weighted by atomic mass is 9.74. The third-order valence-electron chi connectivity index (χ3n) is 5.72. The SMILES string of the molecule is CCCC[C@H](NC(=O)[C@@H]1CC(C(=O)O)C[C@H](C(=O)N[C@@H](CCCC)C(=O)O)C1)C(=O)O. The number of rotatable bonds is 13. The summed E-state index contributed by atoms with van der Waals surface area (Å²) in [5, 5.41) is 33.0. The van der Waals surface area contributed by atoms with Gasteiger partial charge in [-0.2, -0.15) is 0 Å². The van der Waals surface area contributed by atoms with Gasteiger partial charge < -0.3 is 26.0 Å². The molecule has 0 aromatic carbocycles. The Bertz CT molecular complexity index is 618. The molecule has 1 aliphatic carbocycles. The summed E-state index contributed by atoms with van der Waals surface area (Å²) in [6.45, 7) is 3.79. The van der Waals surface area contributed by atoms with Gasteiger partial charge in [-0.3, -0.25) is 14.4 Å². The molecule has 1 aliphatic rings. The number of hydrogen-bond acceptors (Lipinski definition) is 5. The number of unbranched alkanes of at least 4 members (excludes halogenated alkanes) is 2. The molecule has 2 amide bonds. The van der Waals surface area contributed by atoms with Gasteiger partial charge in [0.1, 0.15) is 12.1 Å². The van der Waals surface area contributed by atoms with Gasteiger partial charge in [0.05, 0.1) is 5.92 Å². The minimum absolute atomic E-state index is 0.00323. The van der Waals surface area contributed by atoms with E-state index in [2.05, 4.69) is 10.6 Å². The van der Waals surface area contributed by atoms with Crippen molar-refractivity contribution in [1.29, 1.82) is 0 Å². The fourth-order valence-electron chi connectivity index (χ4n) is 3.86. The molecule has 176 valence electrons. The van der Waals surface area contributed by atoms with Crippen LogP contribution in [0, 0.1) is 17.8 Å². The Balaban J connectivity index is 2.90. The molecular formula is C21H34N2O8. The van der Waals surface area contributed by atoms with Gasteiger partial charge >= 0.3 is 17.9 Å². The van der Waals surface area contributed by atoms with Crippen molar-refractivity contribution in [3.05, 3.63) is 0 Å². The molecule has 0 heterocycles. The zero-order chi connectivity index (χ0) is 23.6. The number of carbonyl (C=O) groups is 5. The van der Waals surface area contributed by atoms with Crippen LogP contribution in [0.25, 0.3) is 0 Å². The number of carboxylic acids is 3. The summed E-state index contributed by atoms with van der Waals surface area (Å²) < 4.78 is 0. The Hall–Kier alpha value is -2.65. The van der Waals surface area contributed by atoms with Crippen LogP contribution >= 0.6 is 0 Å². The summed E-state index contributed by atoms with van der Waals surface area (Å²) in [7, 11) is 0. The number of nitrogens with one attached hydrogen (secondary N) is 2. The topological polar surface area (TPSA) is 170 Å². The maximum absolute atomic E-state index is 12.7. The van der Waals surface area contributed by atoms with E-state index in [9.17, 15) is 39.3 Å². The number of aliphatic carboxylic acids is 3. The Labute approximate surface area is 181 Å². The minimum atomic E-state index is -1.16. The second-order valence-electron chi connectivity index (χ2n) is 8.22. The quantitative estimate of drug-likeness (QED) is 0.286. The van der Waals surface area contributed by atoms with Gasteiger partial charge in [0.2, 0.25) is 11.8 Å². The molecule has 1 fully saturated rings. The standard InChI is InChI=1S/C21H34N2O8/c1-3-5-7-15(20(28)29)22-17(24)12-9-13(11-14(10-12)19(26)27)18(25)23-16(21(30)31)8-6-4-2/h12-16H,3-11H2,1-2H3,(H,22,24)(H,23,25)(H,26,27)(H,28,29)(H,30,31)/t12-,13+,14?,15-,16-/m0/s1. The number of carbonyl (C=O) groups excluding carboxylic acids is 2. The Kier molecular flexibility index (Phi) is 11.0. The second kappa shape index (κ2) is 12.9. The van der Waals surface area contributed by atoms with Crippen molar-refractivity contribution in [2.24, 2.45) is 17.8 Å². The van der Waals surface area contributed by atoms with Gasteiger partial charge in [-0.05, 0) is 32.1 Å². The maximum Gasteiger partial charge on any atom is 0.326 e. The predicted molar refractivity (Wildman–Crippen MR) is 110 cm³/mol. The molecule has 0 radical (unpaired) electrons. The number of amides is 2. The van der Waals surface area contributed by atoms with Gasteiger partial charge in [-0.15, -0.1) is 0 Å². The second-order valence-corrected chi connectivity index (χ2v) is 8.22. The molecule has 1 unspecified atom stereocenters. The molecule has 0 aromatic heterocycles. The van der Waals surface area contributed by atoms with Gasteiger partial charge in [0.25, 0.3) is 0 Å². The highest BCUT2D eigenvalue weighted by atomic mass is 16.4. The molecule has 0 saturated heterocycles. The largest absolute Gasteiger partial charge is 0.481 e. The van der Waals surface area contributed by atoms with Crippen LogP contribution in [0.3, 0.4) is 0 Å². The molecule has 31 heavy (non-hydrogen) atoms. The summed E-state index contributed by atoms with van der Waals surface area (Å²) in [6, 6.07) is -2.15. The van der Waals surface area contributed by atoms with Crippen molar-refractivity contribution >= 4 is 29.7 Å². The third kappa shape index (κ3) is 8.55. The van der Waals surface area contributed by atoms with Crippen molar-refractivity contribution in [1.82, 2.24) is 10.6 Å². The molecule has 10 heteroatoms. The van der Waals surface area contributed by atoms with Crippen LogP contribution in [0.1, 0.15) is 71.6 Å². The zero-order valence-corrected chi connectivity index (χ0v) is 18.1. The Morgan fingerprint density at radius 3 is 1.35 bits per heavy atom. The first kappa shape index (κ1) is 26.4. The molecule has 0 aliphatic heterocycles. The number of carboxylic acid groups (broad SMARTS) is 3. The molecule has 0 spiro atoms. The number of hydrogen-bond donors (Lipinski definition) is 5. The normalized spacial score (nSPS) is 22.7. The maximum atomic E-state index is 12.7. The fraction of sp³-hybridized carbons (Fsp3) is 0.762. The molecular weight excluding hydrogens is 408 g/mol. The van der Waals surface area contributed by atoms with Crippen molar-refractivity contribution in [3.8, 4) is 0 Å². The highest BCUT2D eigenvalue weighted by Crippen LogP contribution is 2.34. The first-order chi connectivity index (χ1) is 14.6. The van der Waals surface area contributed by atoms with Gasteiger partial charge in [-0.25, -0.2) is 9.59 Å². The van der Waals surface area contributed by atoms with E-state index in [1.54, 1.807) is 0 Å². The first-order valence-electron chi connectivity index (χ1n) is 10.9. The van der Waals surface area contributed by atoms with Crippen LogP contribution in [0.5, 0.6) is 0 Å². The summed E-state index contributed by atoms with van der Waals surface area (Å²) in [5.74, 6) is -7.28. The van der Waals surface area contributed by atoms with E-state index in [0.717, 1.165) is 12.8 Å². The third-order valence-corrected chi connectivity index (χ3v) is 5.72. The molecule has 1 rings (SSSR count). The molecule has 5 atom stereocenters. The molecule has 0 bridgehead atoms. The summed E-state index contributed by atoms with van der Waals surface area (Å²) in [4.78, 5) is 59.8. The lowest BCUT2D eigenvalue weighted by Crippen LogP contribution is -2.49. The lowest BCUT2D eigenvalue weighted by Gasteiger charge is -2.32. The van der Waals surface area contributed by atoms with E-state index >= 15 is 0 Å². The van der Waals surface area contributed by atoms with Gasteiger partial charge in [0.15, 0.2) is 0 Å². The lowest BCUT2D eigenvalue weighted by molar-refractivity contribution is -0.149. The van der Waals surface area contributed by atoms with E-state index in [1.807, 2.05) is 13.8 Å². The van der Waals surface area contributed by atoms with E-state index < -0.39 is 59.6 Å². The Morgan fingerprint density at radius 2 is 1.06 bits per heavy atom. The smallest absolute Gasteiger partial charge is 0.326 e. The zero-order valence-electron chi connectivity index (χ0n) is 18.1. The van der Waals surface area contributed by atoms with Gasteiger partial charge in [0, 0.05) is 11.8 Å². The van der Waals surface area contributed by atoms with E-state index in [0.29, 0.717) is 12.8 Å². The molecule has 10 nitrogen and oxygen atoms in total. The molecule has 1 saturated carbocycles. The van der Waals surface area contributed by atoms with Gasteiger partial charge in [-0.1, -0.05) is 39.5 Å². The summed E-state index contributed by atoms with van der Waals surface area (Å²) in [6.07, 6.45) is 3.30. The van der Waals surface area contributed by atoms with Crippen molar-refractivity contribution in [2.45, 2.75) is 83.7 Å². The Morgan fingerprint density at radius 1 is 0.710 bits per heavy atom. The fourth-order valence-corrected chi connectivity index (χ4v) is 3.86. The van der Waals surface area contributed by atoms with Crippen LogP contribution in [-0.2, 0) is 24.0 Å². The van der Waals surface area contributed by atoms with E-state index in [-0.39, 0.29) is 32.1 Å². The van der Waals surface area contributed by atoms with Crippen LogP contribution in [0.4, 0.5) is 0 Å². The first-order valence-corrected chi connectivity index (χ1v) is 10.9. The van der Waals surface area contributed by atoms with Crippen LogP contribution < -0.4 is 10.6 Å². The monoisotopic (exact) mass is 442 g/mol. The van der Waals surface area contributed by atoms with E-state index in [4.69, 9.17) is 0 Å². The highest BCUT2D eigenvalue weighted by Gasteiger charge is 2.40. The molecule has 5 N–H and O–H groups in total. The van der Waals surface area contributed by atoms with Crippen molar-refractivity contribution in [2.75, 3.05) is 0 Å². The van der Waals surface area contributed by atoms with Crippen molar-refractivity contribution in [3.63, 3.8) is 0 Å². The average Bonchev–Trinajstić information content (AvgIpc) is 2.72. The summed E-state index contributed by atoms with van der Waals surface area (Å²) >= 11 is 0.